The summed E-state index contributed by atoms with van der Waals surface area (Å²) in [6.07, 6.45) is 3.60. The van der Waals surface area contributed by atoms with Crippen LogP contribution in [-0.4, -0.2) is 19.7 Å². The van der Waals surface area contributed by atoms with E-state index in [0.717, 1.165) is 16.5 Å². The van der Waals surface area contributed by atoms with E-state index in [0.29, 0.717) is 5.69 Å². The molecular weight excluding hydrogens is 234 g/mol. The van der Waals surface area contributed by atoms with Gasteiger partial charge < -0.3 is 5.73 Å². The molecular formula is C11H9N5S. The van der Waals surface area contributed by atoms with Gasteiger partial charge in [0.15, 0.2) is 0 Å². The average molecular weight is 243 g/mol. The number of benzene rings is 1. The number of imidazole rings is 1. The van der Waals surface area contributed by atoms with E-state index in [-0.39, 0.29) is 0 Å². The SMILES string of the molecule is Nc1cccc(-c2nccn2-c2nncs2)c1. The largest absolute Gasteiger partial charge is 0.399 e. The van der Waals surface area contributed by atoms with Crippen LogP contribution in [-0.2, 0) is 0 Å². The van der Waals surface area contributed by atoms with Gasteiger partial charge in [-0.25, -0.2) is 4.98 Å². The van der Waals surface area contributed by atoms with E-state index >= 15 is 0 Å². The smallest absolute Gasteiger partial charge is 0.217 e. The van der Waals surface area contributed by atoms with Gasteiger partial charge in [-0.2, -0.15) is 0 Å². The maximum Gasteiger partial charge on any atom is 0.217 e. The van der Waals surface area contributed by atoms with Crippen LogP contribution in [0, 0.1) is 0 Å². The molecule has 0 aliphatic heterocycles. The van der Waals surface area contributed by atoms with Crippen LogP contribution in [0.15, 0.2) is 42.2 Å². The summed E-state index contributed by atoms with van der Waals surface area (Å²) in [4.78, 5) is 4.33. The van der Waals surface area contributed by atoms with Crippen LogP contribution in [0.2, 0.25) is 0 Å². The summed E-state index contributed by atoms with van der Waals surface area (Å²) in [7, 11) is 0. The lowest BCUT2D eigenvalue weighted by molar-refractivity contribution is 0.971. The van der Waals surface area contributed by atoms with Crippen LogP contribution in [0.25, 0.3) is 16.5 Å². The summed E-state index contributed by atoms with van der Waals surface area (Å²) in [5.41, 5.74) is 9.14. The predicted molar refractivity (Wildman–Crippen MR) is 66.9 cm³/mol. The lowest BCUT2D eigenvalue weighted by Crippen LogP contribution is -1.96. The molecule has 2 aromatic heterocycles. The van der Waals surface area contributed by atoms with Crippen molar-refractivity contribution in [3.8, 4) is 16.5 Å². The zero-order chi connectivity index (χ0) is 11.7. The topological polar surface area (TPSA) is 69.6 Å². The third-order valence-electron chi connectivity index (χ3n) is 2.34. The van der Waals surface area contributed by atoms with Crippen LogP contribution in [0.3, 0.4) is 0 Å². The molecule has 5 nitrogen and oxygen atoms in total. The summed E-state index contributed by atoms with van der Waals surface area (Å²) in [6.45, 7) is 0. The molecule has 1 aromatic carbocycles. The normalized spacial score (nSPS) is 10.6. The van der Waals surface area contributed by atoms with Crippen LogP contribution in [0.4, 0.5) is 5.69 Å². The number of anilines is 1. The Hall–Kier alpha value is -2.21. The first-order valence-corrected chi connectivity index (χ1v) is 5.88. The highest BCUT2D eigenvalue weighted by atomic mass is 32.1. The van der Waals surface area contributed by atoms with E-state index in [2.05, 4.69) is 15.2 Å². The van der Waals surface area contributed by atoms with E-state index < -0.39 is 0 Å². The predicted octanol–water partition coefficient (Wildman–Crippen LogP) is 1.97. The maximum atomic E-state index is 5.77. The van der Waals surface area contributed by atoms with Gasteiger partial charge in [-0.1, -0.05) is 23.5 Å². The molecule has 2 N–H and O–H groups in total. The number of hydrogen-bond acceptors (Lipinski definition) is 5. The monoisotopic (exact) mass is 243 g/mol. The van der Waals surface area contributed by atoms with Gasteiger partial charge in [0, 0.05) is 23.6 Å². The minimum absolute atomic E-state index is 0.717. The molecule has 0 aliphatic rings. The van der Waals surface area contributed by atoms with Crippen molar-refractivity contribution in [1.29, 1.82) is 0 Å². The van der Waals surface area contributed by atoms with Gasteiger partial charge in [0.25, 0.3) is 0 Å². The number of nitrogen functional groups attached to an aromatic ring is 1. The summed E-state index contributed by atoms with van der Waals surface area (Å²) < 4.78 is 1.90. The van der Waals surface area contributed by atoms with Gasteiger partial charge in [-0.15, -0.1) is 10.2 Å². The summed E-state index contributed by atoms with van der Waals surface area (Å²) >= 11 is 1.46. The lowest BCUT2D eigenvalue weighted by Gasteiger charge is -2.04. The summed E-state index contributed by atoms with van der Waals surface area (Å²) in [6, 6.07) is 7.61. The summed E-state index contributed by atoms with van der Waals surface area (Å²) in [5, 5.41) is 8.64. The molecule has 2 heterocycles. The van der Waals surface area contributed by atoms with Crippen molar-refractivity contribution in [2.75, 3.05) is 5.73 Å². The quantitative estimate of drug-likeness (QED) is 0.699. The van der Waals surface area contributed by atoms with Gasteiger partial charge in [-0.3, -0.25) is 4.57 Å². The van der Waals surface area contributed by atoms with E-state index in [4.69, 9.17) is 5.73 Å². The molecule has 0 unspecified atom stereocenters. The first kappa shape index (κ1) is 9.98. The molecule has 0 amide bonds. The number of nitrogens with zero attached hydrogens (tertiary/aromatic N) is 4. The van der Waals surface area contributed by atoms with Gasteiger partial charge in [-0.05, 0) is 12.1 Å². The van der Waals surface area contributed by atoms with E-state index in [1.807, 2.05) is 35.0 Å². The highest BCUT2D eigenvalue weighted by molar-refractivity contribution is 7.11. The Kier molecular flexibility index (Phi) is 2.34. The van der Waals surface area contributed by atoms with E-state index in [1.165, 1.54) is 11.3 Å². The Morgan fingerprint density at radius 1 is 1.29 bits per heavy atom. The standard InChI is InChI=1S/C11H9N5S/c12-9-3-1-2-8(6-9)10-13-4-5-16(10)11-15-14-7-17-11/h1-7H,12H2. The van der Waals surface area contributed by atoms with Crippen molar-refractivity contribution in [2.24, 2.45) is 0 Å². The van der Waals surface area contributed by atoms with Crippen molar-refractivity contribution >= 4 is 17.0 Å². The lowest BCUT2D eigenvalue weighted by atomic mass is 10.2. The molecule has 17 heavy (non-hydrogen) atoms. The molecule has 84 valence electrons. The van der Waals surface area contributed by atoms with Crippen LogP contribution < -0.4 is 5.73 Å². The molecule has 0 saturated carbocycles. The minimum Gasteiger partial charge on any atom is -0.399 e. The zero-order valence-corrected chi connectivity index (χ0v) is 9.63. The molecule has 0 spiro atoms. The molecule has 0 bridgehead atoms. The molecule has 0 fully saturated rings. The van der Waals surface area contributed by atoms with Gasteiger partial charge >= 0.3 is 0 Å². The van der Waals surface area contributed by atoms with Crippen molar-refractivity contribution < 1.29 is 0 Å². The molecule has 6 heteroatoms. The van der Waals surface area contributed by atoms with Crippen LogP contribution in [0.5, 0.6) is 0 Å². The Bertz CT molecular complexity index is 629. The highest BCUT2D eigenvalue weighted by Crippen LogP contribution is 2.23. The Labute approximate surface area is 102 Å². The fourth-order valence-electron chi connectivity index (χ4n) is 1.62. The van der Waals surface area contributed by atoms with Crippen molar-refractivity contribution in [1.82, 2.24) is 19.7 Å². The summed E-state index contributed by atoms with van der Waals surface area (Å²) in [5.74, 6) is 0.814. The van der Waals surface area contributed by atoms with Gasteiger partial charge in [0.05, 0.1) is 0 Å². The molecule has 0 aliphatic carbocycles. The first-order chi connectivity index (χ1) is 8.34. The second kappa shape index (κ2) is 3.99. The molecule has 0 saturated heterocycles. The molecule has 3 rings (SSSR count). The van der Waals surface area contributed by atoms with Crippen LogP contribution >= 0.6 is 11.3 Å². The third kappa shape index (κ3) is 1.78. The Morgan fingerprint density at radius 3 is 3.00 bits per heavy atom. The Morgan fingerprint density at radius 2 is 2.24 bits per heavy atom. The number of hydrogen-bond donors (Lipinski definition) is 1. The number of nitrogens with two attached hydrogens (primary N) is 1. The second-order valence-electron chi connectivity index (χ2n) is 3.47. The maximum absolute atomic E-state index is 5.77. The van der Waals surface area contributed by atoms with E-state index in [1.54, 1.807) is 11.7 Å². The molecule has 0 radical (unpaired) electrons. The second-order valence-corrected chi connectivity index (χ2v) is 4.28. The van der Waals surface area contributed by atoms with Gasteiger partial charge in [0.1, 0.15) is 11.3 Å². The highest BCUT2D eigenvalue weighted by Gasteiger charge is 2.09. The van der Waals surface area contributed by atoms with Crippen LogP contribution in [0.1, 0.15) is 0 Å². The number of rotatable bonds is 2. The van der Waals surface area contributed by atoms with E-state index in [9.17, 15) is 0 Å². The fraction of sp³-hybridized carbons (Fsp3) is 0. The van der Waals surface area contributed by atoms with Crippen molar-refractivity contribution in [3.05, 3.63) is 42.2 Å². The molecule has 0 atom stereocenters. The van der Waals surface area contributed by atoms with Crippen molar-refractivity contribution in [2.45, 2.75) is 0 Å². The third-order valence-corrected chi connectivity index (χ3v) is 3.03. The fourth-order valence-corrected chi connectivity index (χ4v) is 2.17. The Balaban J connectivity index is 2.14. The minimum atomic E-state index is 0.717. The molecule has 3 aromatic rings. The zero-order valence-electron chi connectivity index (χ0n) is 8.82. The number of aromatic nitrogens is 4. The first-order valence-electron chi connectivity index (χ1n) is 5.00. The average Bonchev–Trinajstić information content (AvgIpc) is 3.00. The van der Waals surface area contributed by atoms with Gasteiger partial charge in [0.2, 0.25) is 5.13 Å². The van der Waals surface area contributed by atoms with Crippen molar-refractivity contribution in [3.63, 3.8) is 0 Å².